The molecule has 12 bridgehead atoms. The number of hydrogen-bond acceptors (Lipinski definition) is 17. The second-order valence-electron chi connectivity index (χ2n) is 20.8. The summed E-state index contributed by atoms with van der Waals surface area (Å²) in [5.74, 6) is -4.68. The number of ether oxygens (including phenoxy) is 8. The maximum atomic E-state index is 14.8. The number of hydrogen-bond donors (Lipinski definition) is 4. The van der Waals surface area contributed by atoms with Gasteiger partial charge in [0.25, 0.3) is 11.8 Å². The van der Waals surface area contributed by atoms with Crippen LogP contribution in [0.15, 0.2) is 78.9 Å². The van der Waals surface area contributed by atoms with Crippen LogP contribution in [0.3, 0.4) is 0 Å². The van der Waals surface area contributed by atoms with Crippen LogP contribution in [0, 0.1) is 11.8 Å². The molecule has 84 heavy (non-hydrogen) atoms. The van der Waals surface area contributed by atoms with E-state index in [0.29, 0.717) is 44.5 Å². The Morgan fingerprint density at radius 3 is 0.988 bits per heavy atom. The van der Waals surface area contributed by atoms with Gasteiger partial charge in [0, 0.05) is 59.3 Å². The molecule has 5 aromatic rings. The van der Waals surface area contributed by atoms with Crippen LogP contribution in [-0.2, 0) is 73.4 Å². The van der Waals surface area contributed by atoms with Crippen LogP contribution in [0.25, 0.3) is 0 Å². The quantitative estimate of drug-likeness (QED) is 0.0428. The topological polar surface area (TPSA) is 271 Å². The molecule has 2 atom stereocenters. The molecule has 0 spiro atoms. The maximum absolute atomic E-state index is 14.8. The number of anilines is 2. The fraction of sp³-hybridized carbons (Fsp3) is 0.413. The van der Waals surface area contributed by atoms with Crippen molar-refractivity contribution in [3.05, 3.63) is 135 Å². The average Bonchev–Trinajstić information content (AvgIpc) is 2.66. The molecule has 8 rings (SSSR count). The van der Waals surface area contributed by atoms with Gasteiger partial charge in [0.05, 0.1) is 26.4 Å². The molecular weight excluding hydrogens is 1080 g/mol. The third kappa shape index (κ3) is 17.0. The lowest BCUT2D eigenvalue weighted by molar-refractivity contribution is -0.146. The van der Waals surface area contributed by atoms with Gasteiger partial charge in [-0.2, -0.15) is 0 Å². The van der Waals surface area contributed by atoms with Crippen LogP contribution >= 0.6 is 0 Å². The monoisotopic (exact) mass is 1160 g/mol. The number of carbonyl (C=O) groups is 8. The molecule has 446 valence electrons. The van der Waals surface area contributed by atoms with Crippen molar-refractivity contribution >= 4 is 58.9 Å². The SMILES string of the molecule is CCOC(=O)COc1c2cccc1Cc1cc3cc(c1OCC(=O)OCC)Cc1cccc(c1OCC(=O)OCC)Cc1cc(cc(c1OCC(=O)OCC)C2)NC(=O)C(CC(C)C)NC(=O)c1cccc(n1)C(=O)NC(CC(C)C)C(=O)N3. The van der Waals surface area contributed by atoms with Gasteiger partial charge >= 0.3 is 23.9 Å². The number of carbonyl (C=O) groups excluding carboxylic acids is 8. The van der Waals surface area contributed by atoms with Gasteiger partial charge in [0.1, 0.15) is 46.5 Å². The van der Waals surface area contributed by atoms with E-state index in [9.17, 15) is 38.4 Å². The van der Waals surface area contributed by atoms with E-state index < -0.39 is 86.0 Å². The van der Waals surface area contributed by atoms with Crippen LogP contribution in [-0.4, -0.2) is 117 Å². The molecule has 21 nitrogen and oxygen atoms in total. The smallest absolute Gasteiger partial charge is 0.344 e. The second-order valence-corrected chi connectivity index (χ2v) is 20.8. The minimum Gasteiger partial charge on any atom is -0.481 e. The normalized spacial score (nSPS) is 15.1. The lowest BCUT2D eigenvalue weighted by Gasteiger charge is -2.25. The number of para-hydroxylation sites is 2. The van der Waals surface area contributed by atoms with E-state index in [4.69, 9.17) is 37.9 Å². The highest BCUT2D eigenvalue weighted by molar-refractivity contribution is 6.03. The van der Waals surface area contributed by atoms with E-state index in [-0.39, 0.29) is 123 Å². The molecule has 1 aliphatic carbocycles. The predicted molar refractivity (Wildman–Crippen MR) is 308 cm³/mol. The summed E-state index contributed by atoms with van der Waals surface area (Å²) in [6.45, 7) is 12.4. The molecule has 1 aromatic heterocycles. The third-order valence-electron chi connectivity index (χ3n) is 13.3. The van der Waals surface area contributed by atoms with Crippen molar-refractivity contribution in [2.45, 2.75) is 106 Å². The second kappa shape index (κ2) is 29.8. The van der Waals surface area contributed by atoms with Gasteiger partial charge in [-0.25, -0.2) is 24.2 Å². The van der Waals surface area contributed by atoms with E-state index in [0.717, 1.165) is 0 Å². The molecule has 21 heteroatoms. The molecule has 4 amide bonds. The molecule has 3 heterocycles. The van der Waals surface area contributed by atoms with Crippen LogP contribution in [0.4, 0.5) is 11.4 Å². The van der Waals surface area contributed by atoms with Gasteiger partial charge in [0.2, 0.25) is 11.8 Å². The Morgan fingerprint density at radius 2 is 0.714 bits per heavy atom. The summed E-state index contributed by atoms with van der Waals surface area (Å²) < 4.78 is 47.2. The fourth-order valence-corrected chi connectivity index (χ4v) is 9.93. The lowest BCUT2D eigenvalue weighted by atomic mass is 9.90. The zero-order valence-electron chi connectivity index (χ0n) is 48.7. The van der Waals surface area contributed by atoms with E-state index in [1.807, 2.05) is 27.7 Å². The van der Waals surface area contributed by atoms with Crippen LogP contribution in [0.5, 0.6) is 23.0 Å². The first kappa shape index (κ1) is 62.6. The van der Waals surface area contributed by atoms with Crippen LogP contribution in [0.1, 0.15) is 134 Å². The molecule has 4 aromatic carbocycles. The summed E-state index contributed by atoms with van der Waals surface area (Å²) in [5, 5.41) is 11.7. The van der Waals surface area contributed by atoms with Crippen molar-refractivity contribution in [2.24, 2.45) is 11.8 Å². The highest BCUT2D eigenvalue weighted by Crippen LogP contribution is 2.41. The number of amides is 4. The van der Waals surface area contributed by atoms with Crippen molar-refractivity contribution in [1.29, 1.82) is 0 Å². The van der Waals surface area contributed by atoms with E-state index in [2.05, 4.69) is 26.3 Å². The van der Waals surface area contributed by atoms with Crippen molar-refractivity contribution in [3.63, 3.8) is 0 Å². The van der Waals surface area contributed by atoms with Crippen LogP contribution in [0.2, 0.25) is 0 Å². The zero-order chi connectivity index (χ0) is 60.5. The van der Waals surface area contributed by atoms with Gasteiger partial charge in [0.15, 0.2) is 26.4 Å². The largest absolute Gasteiger partial charge is 0.481 e. The first-order valence-electron chi connectivity index (χ1n) is 28.2. The third-order valence-corrected chi connectivity index (χ3v) is 13.3. The summed E-state index contributed by atoms with van der Waals surface area (Å²) in [7, 11) is 0. The summed E-state index contributed by atoms with van der Waals surface area (Å²) >= 11 is 0. The summed E-state index contributed by atoms with van der Waals surface area (Å²) in [4.78, 5) is 115. The summed E-state index contributed by atoms with van der Waals surface area (Å²) in [5.41, 5.74) is 3.85. The number of nitrogens with zero attached hydrogens (tertiary/aromatic N) is 1. The Morgan fingerprint density at radius 1 is 0.440 bits per heavy atom. The van der Waals surface area contributed by atoms with Gasteiger partial charge in [-0.1, -0.05) is 70.2 Å². The Bertz CT molecular complexity index is 2950. The summed E-state index contributed by atoms with van der Waals surface area (Å²) in [6.07, 6.45) is 0.223. The Balaban J connectivity index is 1.59. The van der Waals surface area contributed by atoms with Crippen molar-refractivity contribution < 1.29 is 76.3 Å². The fourth-order valence-electron chi connectivity index (χ4n) is 9.93. The first-order valence-corrected chi connectivity index (χ1v) is 28.2. The molecule has 0 saturated carbocycles. The van der Waals surface area contributed by atoms with Crippen LogP contribution < -0.4 is 40.2 Å². The van der Waals surface area contributed by atoms with Crippen molar-refractivity contribution in [2.75, 3.05) is 63.5 Å². The highest BCUT2D eigenvalue weighted by Gasteiger charge is 2.30. The van der Waals surface area contributed by atoms with Gasteiger partial charge in [-0.15, -0.1) is 0 Å². The van der Waals surface area contributed by atoms with Gasteiger partial charge in [-0.3, -0.25) is 19.2 Å². The van der Waals surface area contributed by atoms with E-state index >= 15 is 0 Å². The minimum atomic E-state index is -1.15. The molecule has 3 aliphatic rings. The molecule has 4 N–H and O–H groups in total. The molecular formula is C63H73N5O16. The summed E-state index contributed by atoms with van der Waals surface area (Å²) in [6, 6.07) is 19.4. The predicted octanol–water partition coefficient (Wildman–Crippen LogP) is 7.41. The first-order chi connectivity index (χ1) is 40.4. The standard InChI is InChI=1S/C63H73N5O16/c1-9-77-52(69)32-81-56-38-16-13-17-39(56)25-43-29-47-31-45(59(43)84-35-55(72)80-12-4)27-41-19-14-18-40(57(41)82-33-53(70)78-10-2)26-44-30-46(28-42(24-38)58(44)83-34-54(71)79-11-3)64-62(75)50(22-36(5)6)67-60(73)48-20-15-21-49(66-48)61(74)68-51(23-37(7)8)63(76)65-47/h13-21,28-31,36-37,50-51H,9-12,22-27,32-35H2,1-8H3,(H,64,75)(H,65,76)(H,67,73)(H,68,74). The number of esters is 4. The molecule has 0 radical (unpaired) electrons. The van der Waals surface area contributed by atoms with Gasteiger partial charge in [-0.05, 0) is 111 Å². The molecule has 2 aliphatic heterocycles. The molecule has 0 saturated heterocycles. The molecule has 0 fully saturated rings. The van der Waals surface area contributed by atoms with Gasteiger partial charge < -0.3 is 59.2 Å². The zero-order valence-corrected chi connectivity index (χ0v) is 48.7. The Labute approximate surface area is 488 Å². The van der Waals surface area contributed by atoms with E-state index in [1.165, 1.54) is 18.2 Å². The number of aromatic nitrogens is 1. The highest BCUT2D eigenvalue weighted by atomic mass is 16.6. The number of pyridine rings is 1. The molecule has 2 unspecified atom stereocenters. The van der Waals surface area contributed by atoms with E-state index in [1.54, 1.807) is 88.4 Å². The number of fused-ring (bicyclic) bond motifs is 8. The number of benzene rings is 4. The Hall–Kier alpha value is -9.01. The average molecular weight is 1160 g/mol. The number of nitrogens with one attached hydrogen (secondary N) is 4. The number of rotatable bonds is 20. The lowest BCUT2D eigenvalue weighted by Crippen LogP contribution is -2.45. The maximum Gasteiger partial charge on any atom is 0.344 e. The minimum absolute atomic E-state index is 0.0299. The van der Waals surface area contributed by atoms with Crippen molar-refractivity contribution in [3.8, 4) is 23.0 Å². The Kier molecular flexibility index (Phi) is 22.2. The van der Waals surface area contributed by atoms with Crippen molar-refractivity contribution in [1.82, 2.24) is 15.6 Å².